The fourth-order valence-electron chi connectivity index (χ4n) is 2.68. The molecule has 0 heterocycles. The van der Waals surface area contributed by atoms with Crippen LogP contribution in [0.5, 0.6) is 0 Å². The number of carbonyl (C=O) groups excluding carboxylic acids is 1. The minimum absolute atomic E-state index is 0.127. The molecule has 1 saturated carbocycles. The second kappa shape index (κ2) is 9.19. The molecule has 0 atom stereocenters. The first-order valence-electron chi connectivity index (χ1n) is 8.64. The number of alkyl halides is 1. The maximum atomic E-state index is 11.6. The van der Waals surface area contributed by atoms with Gasteiger partial charge < -0.3 is 19.5 Å². The van der Waals surface area contributed by atoms with Gasteiger partial charge in [-0.1, -0.05) is 52.9 Å². The van der Waals surface area contributed by atoms with Crippen molar-refractivity contribution in [1.29, 1.82) is 0 Å². The topological polar surface area (TPSA) is 56.8 Å². The Kier molecular flexibility index (Phi) is 7.51. The SMILES string of the molecule is CC(C)(C)OC(=O)NCCOC1(CI)CC(OCc2ccccc2)C1. The highest BCUT2D eigenvalue weighted by Crippen LogP contribution is 2.39. The molecule has 1 amide bonds. The van der Waals surface area contributed by atoms with Crippen molar-refractivity contribution >= 4 is 28.7 Å². The van der Waals surface area contributed by atoms with Crippen LogP contribution in [0.25, 0.3) is 0 Å². The molecule has 0 saturated heterocycles. The summed E-state index contributed by atoms with van der Waals surface area (Å²) in [5.41, 5.74) is 0.584. The number of hydrogen-bond acceptors (Lipinski definition) is 4. The summed E-state index contributed by atoms with van der Waals surface area (Å²) in [4.78, 5) is 11.6. The normalized spacial score (nSPS) is 23.0. The maximum Gasteiger partial charge on any atom is 0.407 e. The van der Waals surface area contributed by atoms with Crippen LogP contribution in [0.1, 0.15) is 39.2 Å². The minimum Gasteiger partial charge on any atom is -0.444 e. The molecule has 0 radical (unpaired) electrons. The molecule has 5 nitrogen and oxygen atoms in total. The number of alkyl carbamates (subject to hydrolysis) is 1. The monoisotopic (exact) mass is 461 g/mol. The molecule has 25 heavy (non-hydrogen) atoms. The van der Waals surface area contributed by atoms with E-state index in [1.807, 2.05) is 39.0 Å². The second-order valence-electron chi connectivity index (χ2n) is 7.42. The van der Waals surface area contributed by atoms with Gasteiger partial charge in [-0.25, -0.2) is 4.79 Å². The van der Waals surface area contributed by atoms with E-state index in [0.717, 1.165) is 17.3 Å². The van der Waals surface area contributed by atoms with Crippen LogP contribution in [0, 0.1) is 0 Å². The lowest BCUT2D eigenvalue weighted by atomic mass is 9.79. The van der Waals surface area contributed by atoms with Crippen LogP contribution in [0.3, 0.4) is 0 Å². The van der Waals surface area contributed by atoms with Crippen molar-refractivity contribution in [2.24, 2.45) is 0 Å². The van der Waals surface area contributed by atoms with Crippen molar-refractivity contribution in [1.82, 2.24) is 5.32 Å². The van der Waals surface area contributed by atoms with Crippen molar-refractivity contribution in [2.75, 3.05) is 17.6 Å². The second-order valence-corrected chi connectivity index (χ2v) is 8.18. The van der Waals surface area contributed by atoms with Gasteiger partial charge in [-0.3, -0.25) is 0 Å². The van der Waals surface area contributed by atoms with Crippen LogP contribution in [0.2, 0.25) is 0 Å². The van der Waals surface area contributed by atoms with Gasteiger partial charge in [0, 0.05) is 23.8 Å². The summed E-state index contributed by atoms with van der Waals surface area (Å²) in [6, 6.07) is 10.2. The van der Waals surface area contributed by atoms with Gasteiger partial charge in [0.15, 0.2) is 0 Å². The quantitative estimate of drug-likeness (QED) is 0.360. The first kappa shape index (κ1) is 20.5. The fourth-order valence-corrected chi connectivity index (χ4v) is 3.52. The minimum atomic E-state index is -0.480. The van der Waals surface area contributed by atoms with Gasteiger partial charge in [-0.15, -0.1) is 0 Å². The zero-order valence-electron chi connectivity index (χ0n) is 15.2. The number of halogens is 1. The zero-order valence-corrected chi connectivity index (χ0v) is 17.4. The summed E-state index contributed by atoms with van der Waals surface area (Å²) in [5.74, 6) is 0. The smallest absolute Gasteiger partial charge is 0.407 e. The molecule has 1 fully saturated rings. The highest BCUT2D eigenvalue weighted by atomic mass is 127. The highest BCUT2D eigenvalue weighted by Gasteiger charge is 2.45. The molecule has 6 heteroatoms. The summed E-state index contributed by atoms with van der Waals surface area (Å²) in [7, 11) is 0. The lowest BCUT2D eigenvalue weighted by Crippen LogP contribution is -2.52. The van der Waals surface area contributed by atoms with E-state index in [1.54, 1.807) is 0 Å². The Labute approximate surface area is 163 Å². The van der Waals surface area contributed by atoms with E-state index >= 15 is 0 Å². The van der Waals surface area contributed by atoms with Crippen LogP contribution >= 0.6 is 22.6 Å². The molecule has 1 aliphatic rings. The number of ether oxygens (including phenoxy) is 3. The number of nitrogens with one attached hydrogen (secondary N) is 1. The largest absolute Gasteiger partial charge is 0.444 e. The Morgan fingerprint density at radius 3 is 2.56 bits per heavy atom. The van der Waals surface area contributed by atoms with Gasteiger partial charge in [0.2, 0.25) is 0 Å². The third-order valence-corrected chi connectivity index (χ3v) is 5.34. The first-order chi connectivity index (χ1) is 11.8. The highest BCUT2D eigenvalue weighted by molar-refractivity contribution is 14.1. The summed E-state index contributed by atoms with van der Waals surface area (Å²) in [6.07, 6.45) is 1.64. The third-order valence-electron chi connectivity index (χ3n) is 3.95. The van der Waals surface area contributed by atoms with Crippen molar-refractivity contribution in [2.45, 2.75) is 57.5 Å². The van der Waals surface area contributed by atoms with Crippen molar-refractivity contribution in [3.05, 3.63) is 35.9 Å². The molecule has 140 valence electrons. The molecule has 0 aliphatic heterocycles. The van der Waals surface area contributed by atoms with E-state index in [-0.39, 0.29) is 11.7 Å². The van der Waals surface area contributed by atoms with Gasteiger partial charge in [0.1, 0.15) is 5.60 Å². The molecule has 1 aromatic rings. The van der Waals surface area contributed by atoms with E-state index in [1.165, 1.54) is 5.56 Å². The standard InChI is InChI=1S/C19H28INO4/c1-18(2,3)25-17(22)21-9-10-24-19(14-20)11-16(12-19)23-13-15-7-5-4-6-8-15/h4-8,16H,9-14H2,1-3H3,(H,21,22). The van der Waals surface area contributed by atoms with E-state index < -0.39 is 11.7 Å². The molecule has 0 aromatic heterocycles. The predicted molar refractivity (Wildman–Crippen MR) is 106 cm³/mol. The Morgan fingerprint density at radius 1 is 1.28 bits per heavy atom. The zero-order chi connectivity index (χ0) is 18.3. The first-order valence-corrected chi connectivity index (χ1v) is 10.2. The van der Waals surface area contributed by atoms with Crippen LogP contribution in [-0.4, -0.2) is 41.0 Å². The van der Waals surface area contributed by atoms with Crippen LogP contribution in [0.4, 0.5) is 4.79 Å². The van der Waals surface area contributed by atoms with Crippen LogP contribution < -0.4 is 5.32 Å². The van der Waals surface area contributed by atoms with E-state index in [4.69, 9.17) is 14.2 Å². The lowest BCUT2D eigenvalue weighted by molar-refractivity contribution is -0.160. The van der Waals surface area contributed by atoms with Crippen molar-refractivity contribution in [3.8, 4) is 0 Å². The van der Waals surface area contributed by atoms with Gasteiger partial charge in [-0.05, 0) is 26.3 Å². The van der Waals surface area contributed by atoms with Gasteiger partial charge in [0.25, 0.3) is 0 Å². The summed E-state index contributed by atoms with van der Waals surface area (Å²) >= 11 is 2.36. The van der Waals surface area contributed by atoms with Crippen LogP contribution in [0.15, 0.2) is 30.3 Å². The Balaban J connectivity index is 1.62. The Bertz CT molecular complexity index is 538. The Hall–Kier alpha value is -0.860. The Morgan fingerprint density at radius 2 is 1.96 bits per heavy atom. The molecule has 1 N–H and O–H groups in total. The molecule has 0 spiro atoms. The summed E-state index contributed by atoms with van der Waals surface area (Å²) < 4.78 is 18.1. The molecular formula is C19H28INO4. The lowest BCUT2D eigenvalue weighted by Gasteiger charge is -2.46. The molecular weight excluding hydrogens is 433 g/mol. The molecule has 1 aliphatic carbocycles. The predicted octanol–water partition coefficient (Wildman–Crippen LogP) is 4.08. The number of amides is 1. The number of benzene rings is 1. The maximum absolute atomic E-state index is 11.6. The van der Waals surface area contributed by atoms with Crippen LogP contribution in [-0.2, 0) is 20.8 Å². The number of rotatable bonds is 8. The molecule has 1 aromatic carbocycles. The van der Waals surface area contributed by atoms with Gasteiger partial charge in [-0.2, -0.15) is 0 Å². The number of carbonyl (C=O) groups is 1. The average molecular weight is 461 g/mol. The number of hydrogen-bond donors (Lipinski definition) is 1. The molecule has 0 unspecified atom stereocenters. The van der Waals surface area contributed by atoms with E-state index in [9.17, 15) is 4.79 Å². The average Bonchev–Trinajstić information content (AvgIpc) is 2.52. The summed E-state index contributed by atoms with van der Waals surface area (Å²) in [6.45, 7) is 7.10. The fraction of sp³-hybridized carbons (Fsp3) is 0.632. The molecule has 0 bridgehead atoms. The van der Waals surface area contributed by atoms with E-state index in [2.05, 4.69) is 40.0 Å². The summed E-state index contributed by atoms with van der Waals surface area (Å²) in [5, 5.41) is 2.72. The molecule has 2 rings (SSSR count). The van der Waals surface area contributed by atoms with Gasteiger partial charge in [0.05, 0.1) is 24.9 Å². The van der Waals surface area contributed by atoms with Crippen molar-refractivity contribution in [3.63, 3.8) is 0 Å². The van der Waals surface area contributed by atoms with E-state index in [0.29, 0.717) is 19.8 Å². The third kappa shape index (κ3) is 7.11. The van der Waals surface area contributed by atoms with Crippen molar-refractivity contribution < 1.29 is 19.0 Å². The van der Waals surface area contributed by atoms with Gasteiger partial charge >= 0.3 is 6.09 Å².